The monoisotopic (exact) mass is 247 g/mol. The molecule has 1 N–H and O–H groups in total. The van der Waals surface area contributed by atoms with Crippen LogP contribution in [0.15, 0.2) is 23.9 Å². The second-order valence-corrected chi connectivity index (χ2v) is 4.59. The Kier molecular flexibility index (Phi) is 3.80. The first-order valence-corrected chi connectivity index (χ1v) is 6.39. The van der Waals surface area contributed by atoms with Gasteiger partial charge in [0, 0.05) is 29.8 Å². The third-order valence-electron chi connectivity index (χ3n) is 3.45. The Morgan fingerprint density at radius 2 is 2.06 bits per heavy atom. The second kappa shape index (κ2) is 5.34. The van der Waals surface area contributed by atoms with Crippen LogP contribution in [0.1, 0.15) is 37.3 Å². The van der Waals surface area contributed by atoms with E-state index in [9.17, 15) is 0 Å². The van der Waals surface area contributed by atoms with Gasteiger partial charge in [-0.25, -0.2) is 0 Å². The minimum absolute atomic E-state index is 0.353. The topological polar surface area (TPSA) is 30.5 Å². The van der Waals surface area contributed by atoms with E-state index in [1.165, 1.54) is 16.8 Å². The number of ether oxygens (including phenoxy) is 2. The van der Waals surface area contributed by atoms with Gasteiger partial charge in [-0.2, -0.15) is 0 Å². The van der Waals surface area contributed by atoms with Crippen LogP contribution in [0.25, 0.3) is 0 Å². The molecule has 0 saturated heterocycles. The molecule has 1 aromatic rings. The summed E-state index contributed by atoms with van der Waals surface area (Å²) in [6, 6.07) is 4.05. The lowest BCUT2D eigenvalue weighted by Gasteiger charge is -2.17. The van der Waals surface area contributed by atoms with Crippen LogP contribution < -0.4 is 14.8 Å². The number of hydrogen-bond acceptors (Lipinski definition) is 3. The maximum absolute atomic E-state index is 5.51. The standard InChI is InChI=1S/C15H21NO2/c1-5-12-6-10(2)15-11(9-16-12)7-13(17-3)8-14(15)18-4/h6-8,10,16H,5,9H2,1-4H3/t10-/m0/s1. The van der Waals surface area contributed by atoms with Crippen molar-refractivity contribution in [2.24, 2.45) is 0 Å². The molecule has 0 amide bonds. The van der Waals surface area contributed by atoms with Gasteiger partial charge in [-0.3, -0.25) is 0 Å². The molecule has 1 heterocycles. The smallest absolute Gasteiger partial charge is 0.126 e. The molecule has 1 aromatic carbocycles. The van der Waals surface area contributed by atoms with E-state index in [1.54, 1.807) is 14.2 Å². The predicted octanol–water partition coefficient (Wildman–Crippen LogP) is 3.20. The maximum Gasteiger partial charge on any atom is 0.126 e. The summed E-state index contributed by atoms with van der Waals surface area (Å²) in [4.78, 5) is 0. The summed E-state index contributed by atoms with van der Waals surface area (Å²) in [5.74, 6) is 2.11. The number of allylic oxidation sites excluding steroid dienone is 2. The van der Waals surface area contributed by atoms with Crippen molar-refractivity contribution in [1.29, 1.82) is 0 Å². The molecule has 3 heteroatoms. The van der Waals surface area contributed by atoms with Crippen molar-refractivity contribution < 1.29 is 9.47 Å². The molecule has 0 bridgehead atoms. The van der Waals surface area contributed by atoms with E-state index in [0.717, 1.165) is 24.5 Å². The van der Waals surface area contributed by atoms with Crippen LogP contribution in [0.5, 0.6) is 11.5 Å². The van der Waals surface area contributed by atoms with Gasteiger partial charge in [-0.15, -0.1) is 0 Å². The van der Waals surface area contributed by atoms with Crippen LogP contribution in [-0.4, -0.2) is 14.2 Å². The summed E-state index contributed by atoms with van der Waals surface area (Å²) >= 11 is 0. The van der Waals surface area contributed by atoms with Gasteiger partial charge in [0.2, 0.25) is 0 Å². The van der Waals surface area contributed by atoms with Gasteiger partial charge in [0.25, 0.3) is 0 Å². The lowest BCUT2D eigenvalue weighted by molar-refractivity contribution is 0.389. The molecular formula is C15H21NO2. The van der Waals surface area contributed by atoms with Crippen molar-refractivity contribution in [2.75, 3.05) is 14.2 Å². The van der Waals surface area contributed by atoms with Gasteiger partial charge in [-0.05, 0) is 18.1 Å². The fourth-order valence-corrected chi connectivity index (χ4v) is 2.50. The molecule has 0 aliphatic carbocycles. The Balaban J connectivity index is 2.50. The van der Waals surface area contributed by atoms with E-state index in [1.807, 2.05) is 6.07 Å². The Bertz CT molecular complexity index is 466. The maximum atomic E-state index is 5.51. The van der Waals surface area contributed by atoms with Crippen molar-refractivity contribution in [1.82, 2.24) is 5.32 Å². The SMILES string of the molecule is CCC1=C[C@H](C)c2c(cc(OC)cc2OC)CN1. The molecule has 98 valence electrons. The first-order valence-electron chi connectivity index (χ1n) is 6.39. The van der Waals surface area contributed by atoms with Crippen molar-refractivity contribution in [3.63, 3.8) is 0 Å². The highest BCUT2D eigenvalue weighted by molar-refractivity contribution is 5.50. The van der Waals surface area contributed by atoms with Gasteiger partial charge in [0.1, 0.15) is 11.5 Å². The lowest BCUT2D eigenvalue weighted by atomic mass is 9.94. The number of fused-ring (bicyclic) bond motifs is 1. The Morgan fingerprint density at radius 3 is 2.67 bits per heavy atom. The average Bonchev–Trinajstić information content (AvgIpc) is 2.57. The first kappa shape index (κ1) is 12.8. The average molecular weight is 247 g/mol. The highest BCUT2D eigenvalue weighted by Gasteiger charge is 2.19. The van der Waals surface area contributed by atoms with Crippen molar-refractivity contribution in [3.8, 4) is 11.5 Å². The summed E-state index contributed by atoms with van der Waals surface area (Å²) in [6.45, 7) is 5.20. The summed E-state index contributed by atoms with van der Waals surface area (Å²) in [5, 5.41) is 3.47. The molecule has 1 atom stereocenters. The molecule has 0 saturated carbocycles. The van der Waals surface area contributed by atoms with Gasteiger partial charge in [0.05, 0.1) is 14.2 Å². The summed E-state index contributed by atoms with van der Waals surface area (Å²) in [7, 11) is 3.40. The lowest BCUT2D eigenvalue weighted by Crippen LogP contribution is -2.11. The normalized spacial score (nSPS) is 18.2. The zero-order valence-electron chi connectivity index (χ0n) is 11.5. The highest BCUT2D eigenvalue weighted by atomic mass is 16.5. The van der Waals surface area contributed by atoms with Crippen LogP contribution in [0.4, 0.5) is 0 Å². The number of benzene rings is 1. The van der Waals surface area contributed by atoms with Gasteiger partial charge in [-0.1, -0.05) is 19.9 Å². The van der Waals surface area contributed by atoms with E-state index in [2.05, 4.69) is 31.3 Å². The predicted molar refractivity (Wildman–Crippen MR) is 73.2 cm³/mol. The summed E-state index contributed by atoms with van der Waals surface area (Å²) in [6.07, 6.45) is 3.30. The first-order chi connectivity index (χ1) is 8.69. The number of methoxy groups -OCH3 is 2. The van der Waals surface area contributed by atoms with Gasteiger partial charge >= 0.3 is 0 Å². The third kappa shape index (κ3) is 2.30. The number of rotatable bonds is 3. The van der Waals surface area contributed by atoms with Crippen LogP contribution in [0, 0.1) is 0 Å². The number of nitrogens with one attached hydrogen (secondary N) is 1. The molecule has 0 aromatic heterocycles. The molecule has 1 aliphatic rings. The Morgan fingerprint density at radius 1 is 1.28 bits per heavy atom. The zero-order chi connectivity index (χ0) is 13.1. The van der Waals surface area contributed by atoms with Gasteiger partial charge < -0.3 is 14.8 Å². The van der Waals surface area contributed by atoms with E-state index in [4.69, 9.17) is 9.47 Å². The van der Waals surface area contributed by atoms with E-state index in [0.29, 0.717) is 5.92 Å². The Hall–Kier alpha value is -1.64. The van der Waals surface area contributed by atoms with Crippen molar-refractivity contribution in [3.05, 3.63) is 35.0 Å². The van der Waals surface area contributed by atoms with Crippen LogP contribution in [-0.2, 0) is 6.54 Å². The summed E-state index contributed by atoms with van der Waals surface area (Å²) in [5.41, 5.74) is 3.80. The molecule has 0 unspecified atom stereocenters. The van der Waals surface area contributed by atoms with Crippen LogP contribution in [0.2, 0.25) is 0 Å². The molecule has 0 fully saturated rings. The van der Waals surface area contributed by atoms with Crippen LogP contribution in [0.3, 0.4) is 0 Å². The third-order valence-corrected chi connectivity index (χ3v) is 3.45. The fourth-order valence-electron chi connectivity index (χ4n) is 2.50. The zero-order valence-corrected chi connectivity index (χ0v) is 11.5. The molecule has 1 aliphatic heterocycles. The Labute approximate surface area is 109 Å². The largest absolute Gasteiger partial charge is 0.497 e. The fraction of sp³-hybridized carbons (Fsp3) is 0.467. The van der Waals surface area contributed by atoms with Crippen LogP contribution >= 0.6 is 0 Å². The van der Waals surface area contributed by atoms with Gasteiger partial charge in [0.15, 0.2) is 0 Å². The molecular weight excluding hydrogens is 226 g/mol. The number of hydrogen-bond donors (Lipinski definition) is 1. The summed E-state index contributed by atoms with van der Waals surface area (Å²) < 4.78 is 10.8. The van der Waals surface area contributed by atoms with E-state index >= 15 is 0 Å². The minimum Gasteiger partial charge on any atom is -0.497 e. The van der Waals surface area contributed by atoms with Crippen molar-refractivity contribution in [2.45, 2.75) is 32.7 Å². The molecule has 3 nitrogen and oxygen atoms in total. The van der Waals surface area contributed by atoms with E-state index < -0.39 is 0 Å². The molecule has 0 radical (unpaired) electrons. The molecule has 2 rings (SSSR count). The van der Waals surface area contributed by atoms with Crippen molar-refractivity contribution >= 4 is 0 Å². The minimum atomic E-state index is 0.353. The molecule has 18 heavy (non-hydrogen) atoms. The quantitative estimate of drug-likeness (QED) is 0.889. The second-order valence-electron chi connectivity index (χ2n) is 4.59. The highest BCUT2D eigenvalue weighted by Crippen LogP contribution is 2.36. The van der Waals surface area contributed by atoms with E-state index in [-0.39, 0.29) is 0 Å². The molecule has 0 spiro atoms.